The van der Waals surface area contributed by atoms with Gasteiger partial charge in [0.15, 0.2) is 5.82 Å². The molecular formula is C16H22FN3O4. The van der Waals surface area contributed by atoms with E-state index in [4.69, 9.17) is 4.74 Å². The molecule has 1 amide bonds. The van der Waals surface area contributed by atoms with E-state index in [1.165, 1.54) is 12.1 Å². The molecule has 1 heterocycles. The van der Waals surface area contributed by atoms with Crippen molar-refractivity contribution in [2.24, 2.45) is 0 Å². The molecule has 0 bridgehead atoms. The molecule has 1 fully saturated rings. The smallest absolute Gasteiger partial charge is 0.410 e. The van der Waals surface area contributed by atoms with Crippen LogP contribution in [0.2, 0.25) is 0 Å². The number of carbonyl (C=O) groups is 1. The number of carbonyl (C=O) groups excluding carboxylic acids is 1. The van der Waals surface area contributed by atoms with E-state index in [9.17, 15) is 19.3 Å². The Kier molecular flexibility index (Phi) is 5.26. The number of anilines is 1. The number of amides is 1. The lowest BCUT2D eigenvalue weighted by molar-refractivity contribution is -0.385. The summed E-state index contributed by atoms with van der Waals surface area (Å²) in [5, 5.41) is 10.7. The molecule has 132 valence electrons. The van der Waals surface area contributed by atoms with E-state index in [0.29, 0.717) is 38.3 Å². The molecule has 1 saturated heterocycles. The van der Waals surface area contributed by atoms with Gasteiger partial charge in [0, 0.05) is 32.2 Å². The van der Waals surface area contributed by atoms with Crippen LogP contribution >= 0.6 is 0 Å². The molecule has 1 aromatic rings. The van der Waals surface area contributed by atoms with E-state index >= 15 is 0 Å². The maximum Gasteiger partial charge on any atom is 0.410 e. The molecule has 0 unspecified atom stereocenters. The zero-order valence-electron chi connectivity index (χ0n) is 14.1. The lowest BCUT2D eigenvalue weighted by Crippen LogP contribution is -2.39. The summed E-state index contributed by atoms with van der Waals surface area (Å²) in [6.45, 7) is 7.36. The van der Waals surface area contributed by atoms with Crippen LogP contribution in [0, 0.1) is 15.9 Å². The number of halogens is 1. The quantitative estimate of drug-likeness (QED) is 0.611. The summed E-state index contributed by atoms with van der Waals surface area (Å²) >= 11 is 0. The number of nitro groups is 1. The van der Waals surface area contributed by atoms with Crippen LogP contribution in [0.3, 0.4) is 0 Å². The van der Waals surface area contributed by atoms with Crippen molar-refractivity contribution in [1.82, 2.24) is 4.90 Å². The van der Waals surface area contributed by atoms with Crippen LogP contribution in [0.15, 0.2) is 18.2 Å². The topological polar surface area (TPSA) is 75.9 Å². The second-order valence-electron chi connectivity index (χ2n) is 6.70. The van der Waals surface area contributed by atoms with Crippen LogP contribution in [-0.4, -0.2) is 47.7 Å². The second-order valence-corrected chi connectivity index (χ2v) is 6.70. The third kappa shape index (κ3) is 4.56. The lowest BCUT2D eigenvalue weighted by atomic mass is 10.2. The lowest BCUT2D eigenvalue weighted by Gasteiger charge is -2.27. The number of ether oxygens (including phenoxy) is 1. The van der Waals surface area contributed by atoms with Crippen LogP contribution in [0.5, 0.6) is 0 Å². The highest BCUT2D eigenvalue weighted by Gasteiger charge is 2.25. The first-order valence-corrected chi connectivity index (χ1v) is 7.84. The largest absolute Gasteiger partial charge is 0.444 e. The van der Waals surface area contributed by atoms with Gasteiger partial charge < -0.3 is 14.5 Å². The summed E-state index contributed by atoms with van der Waals surface area (Å²) in [4.78, 5) is 25.6. The van der Waals surface area contributed by atoms with Gasteiger partial charge in [-0.05, 0) is 33.3 Å². The molecule has 1 aromatic carbocycles. The Hall–Kier alpha value is -2.38. The summed E-state index contributed by atoms with van der Waals surface area (Å²) in [5.41, 5.74) is -0.527. The Bertz CT molecular complexity index is 630. The van der Waals surface area contributed by atoms with E-state index in [1.54, 1.807) is 30.6 Å². The fraction of sp³-hybridized carbons (Fsp3) is 0.562. The highest BCUT2D eigenvalue weighted by molar-refractivity contribution is 5.68. The van der Waals surface area contributed by atoms with Gasteiger partial charge in [0.2, 0.25) is 0 Å². The zero-order chi connectivity index (χ0) is 17.9. The Morgan fingerprint density at radius 1 is 1.25 bits per heavy atom. The summed E-state index contributed by atoms with van der Waals surface area (Å²) in [6.07, 6.45) is 0.281. The van der Waals surface area contributed by atoms with Crippen LogP contribution in [0.25, 0.3) is 0 Å². The van der Waals surface area contributed by atoms with Crippen molar-refractivity contribution in [2.75, 3.05) is 31.1 Å². The molecule has 1 aliphatic rings. The molecule has 0 aliphatic carbocycles. The number of nitrogens with zero attached hydrogens (tertiary/aromatic N) is 3. The number of nitro benzene ring substituents is 1. The van der Waals surface area contributed by atoms with Gasteiger partial charge in [-0.25, -0.2) is 9.18 Å². The maximum atomic E-state index is 14.2. The van der Waals surface area contributed by atoms with Gasteiger partial charge in [-0.1, -0.05) is 0 Å². The van der Waals surface area contributed by atoms with Crippen molar-refractivity contribution in [3.63, 3.8) is 0 Å². The standard InChI is InChI=1S/C16H22FN3O4/c1-16(2,3)24-15(21)19-8-4-7-18(9-10-19)14-6-5-12(20(22)23)11-13(14)17/h5-6,11H,4,7-10H2,1-3H3. The normalized spacial score (nSPS) is 15.8. The molecule has 7 nitrogen and oxygen atoms in total. The molecule has 0 N–H and O–H groups in total. The van der Waals surface area contributed by atoms with E-state index in [-0.39, 0.29) is 11.8 Å². The minimum absolute atomic E-state index is 0.276. The molecule has 0 atom stereocenters. The van der Waals surface area contributed by atoms with Crippen LogP contribution in [0.4, 0.5) is 20.6 Å². The van der Waals surface area contributed by atoms with Gasteiger partial charge in [-0.15, -0.1) is 0 Å². The minimum atomic E-state index is -0.630. The first kappa shape index (κ1) is 18.0. The van der Waals surface area contributed by atoms with Gasteiger partial charge in [0.1, 0.15) is 5.60 Å². The fourth-order valence-corrected chi connectivity index (χ4v) is 2.53. The highest BCUT2D eigenvalue weighted by Crippen LogP contribution is 2.25. The third-order valence-corrected chi connectivity index (χ3v) is 3.63. The van der Waals surface area contributed by atoms with E-state index in [1.807, 2.05) is 0 Å². The number of non-ortho nitro benzene ring substituents is 1. The van der Waals surface area contributed by atoms with E-state index < -0.39 is 16.3 Å². The monoisotopic (exact) mass is 339 g/mol. The number of hydrogen-bond acceptors (Lipinski definition) is 5. The van der Waals surface area contributed by atoms with E-state index in [2.05, 4.69) is 0 Å². The molecule has 8 heteroatoms. The van der Waals surface area contributed by atoms with Gasteiger partial charge in [0.05, 0.1) is 16.7 Å². The van der Waals surface area contributed by atoms with Crippen molar-refractivity contribution in [1.29, 1.82) is 0 Å². The number of benzene rings is 1. The molecule has 0 spiro atoms. The molecule has 1 aliphatic heterocycles. The summed E-state index contributed by atoms with van der Waals surface area (Å²) in [7, 11) is 0. The average Bonchev–Trinajstić information content (AvgIpc) is 2.71. The average molecular weight is 339 g/mol. The third-order valence-electron chi connectivity index (χ3n) is 3.63. The highest BCUT2D eigenvalue weighted by atomic mass is 19.1. The first-order chi connectivity index (χ1) is 11.2. The molecule has 0 saturated carbocycles. The Labute approximate surface area is 140 Å². The molecule has 24 heavy (non-hydrogen) atoms. The van der Waals surface area contributed by atoms with E-state index in [0.717, 1.165) is 6.07 Å². The number of hydrogen-bond donors (Lipinski definition) is 0. The van der Waals surface area contributed by atoms with Crippen LogP contribution in [0.1, 0.15) is 27.2 Å². The van der Waals surface area contributed by atoms with Crippen molar-refractivity contribution in [3.05, 3.63) is 34.1 Å². The van der Waals surface area contributed by atoms with Crippen molar-refractivity contribution in [2.45, 2.75) is 32.8 Å². The fourth-order valence-electron chi connectivity index (χ4n) is 2.53. The summed E-state index contributed by atoms with van der Waals surface area (Å²) < 4.78 is 19.5. The zero-order valence-corrected chi connectivity index (χ0v) is 14.1. The molecule has 2 rings (SSSR count). The van der Waals surface area contributed by atoms with Gasteiger partial charge in [-0.2, -0.15) is 0 Å². The first-order valence-electron chi connectivity index (χ1n) is 7.84. The Morgan fingerprint density at radius 3 is 2.54 bits per heavy atom. The summed E-state index contributed by atoms with van der Waals surface area (Å²) in [6, 6.07) is 3.62. The second kappa shape index (κ2) is 7.02. The van der Waals surface area contributed by atoms with Crippen molar-refractivity contribution in [3.8, 4) is 0 Å². The molecule has 0 radical (unpaired) electrons. The van der Waals surface area contributed by atoms with Gasteiger partial charge in [-0.3, -0.25) is 10.1 Å². The Balaban J connectivity index is 2.05. The van der Waals surface area contributed by atoms with Gasteiger partial charge in [0.25, 0.3) is 5.69 Å². The van der Waals surface area contributed by atoms with Crippen molar-refractivity contribution >= 4 is 17.5 Å². The molecule has 0 aromatic heterocycles. The van der Waals surface area contributed by atoms with Crippen LogP contribution in [-0.2, 0) is 4.74 Å². The van der Waals surface area contributed by atoms with Crippen LogP contribution < -0.4 is 4.90 Å². The predicted octanol–water partition coefficient (Wildman–Crippen LogP) is 3.18. The molecular weight excluding hydrogens is 317 g/mol. The van der Waals surface area contributed by atoms with Gasteiger partial charge >= 0.3 is 6.09 Å². The number of rotatable bonds is 2. The maximum absolute atomic E-state index is 14.2. The van der Waals surface area contributed by atoms with Crippen molar-refractivity contribution < 1.29 is 18.8 Å². The predicted molar refractivity (Wildman–Crippen MR) is 87.7 cm³/mol. The minimum Gasteiger partial charge on any atom is -0.444 e. The summed E-state index contributed by atoms with van der Waals surface area (Å²) in [5.74, 6) is -0.630. The Morgan fingerprint density at radius 2 is 1.96 bits per heavy atom. The SMILES string of the molecule is CC(C)(C)OC(=O)N1CCCN(c2ccc([N+](=O)[O-])cc2F)CC1.